The molecule has 14 nitrogen and oxygen atoms in total. The Morgan fingerprint density at radius 2 is 2.00 bits per heavy atom. The Labute approximate surface area is 174 Å². The smallest absolute Gasteiger partial charge is 0.330 e. The molecule has 2 fully saturated rings. The fraction of sp³-hybridized carbons (Fsp3) is 0.647. The van der Waals surface area contributed by atoms with Gasteiger partial charge in [-0.1, -0.05) is 5.21 Å². The van der Waals surface area contributed by atoms with E-state index in [0.29, 0.717) is 5.69 Å². The molecule has 0 radical (unpaired) electrons. The summed E-state index contributed by atoms with van der Waals surface area (Å²) in [4.78, 5) is 25.2. The summed E-state index contributed by atoms with van der Waals surface area (Å²) in [5.74, 6) is 0. The predicted octanol–water partition coefficient (Wildman–Crippen LogP) is -3.40. The number of nitrogens with one attached hydrogen (secondary N) is 1. The van der Waals surface area contributed by atoms with Crippen molar-refractivity contribution in [2.24, 2.45) is 0 Å². The zero-order valence-corrected chi connectivity index (χ0v) is 16.2. The summed E-state index contributed by atoms with van der Waals surface area (Å²) in [6.07, 6.45) is -4.33. The van der Waals surface area contributed by atoms with Crippen molar-refractivity contribution < 1.29 is 34.6 Å². The summed E-state index contributed by atoms with van der Waals surface area (Å²) in [6, 6.07) is 1.19. The monoisotopic (exact) mass is 441 g/mol. The first kappa shape index (κ1) is 21.8. The Morgan fingerprint density at radius 1 is 1.19 bits per heavy atom. The Balaban J connectivity index is 1.30. The van der Waals surface area contributed by atoms with Gasteiger partial charge in [0.05, 0.1) is 32.1 Å². The highest BCUT2D eigenvalue weighted by Gasteiger charge is 2.39. The van der Waals surface area contributed by atoms with Crippen molar-refractivity contribution in [1.82, 2.24) is 24.5 Å². The summed E-state index contributed by atoms with van der Waals surface area (Å²) in [5.41, 5.74) is -0.755. The minimum atomic E-state index is -1.38. The minimum absolute atomic E-state index is 0.0100. The second kappa shape index (κ2) is 8.96. The SMILES string of the molecule is O=c1ccn([C@H]2C[C@@H](O)[C@@H](COCc3cn(C4OCC(O)C(O)C4O)nn3)O2)c(=O)[nH]1. The van der Waals surface area contributed by atoms with Crippen LogP contribution < -0.4 is 11.2 Å². The molecule has 4 rings (SSSR count). The maximum Gasteiger partial charge on any atom is 0.330 e. The second-order valence-electron chi connectivity index (χ2n) is 7.43. The van der Waals surface area contributed by atoms with Crippen LogP contribution in [0.15, 0.2) is 28.0 Å². The van der Waals surface area contributed by atoms with Crippen molar-refractivity contribution in [3.63, 3.8) is 0 Å². The molecule has 5 N–H and O–H groups in total. The van der Waals surface area contributed by atoms with E-state index in [1.165, 1.54) is 27.7 Å². The molecule has 4 unspecified atom stereocenters. The van der Waals surface area contributed by atoms with Gasteiger partial charge in [-0.15, -0.1) is 5.10 Å². The van der Waals surface area contributed by atoms with Crippen molar-refractivity contribution in [2.45, 2.75) is 56.0 Å². The van der Waals surface area contributed by atoms with Gasteiger partial charge < -0.3 is 34.6 Å². The highest BCUT2D eigenvalue weighted by Crippen LogP contribution is 2.28. The second-order valence-corrected chi connectivity index (χ2v) is 7.43. The van der Waals surface area contributed by atoms with Crippen molar-refractivity contribution in [2.75, 3.05) is 13.2 Å². The van der Waals surface area contributed by atoms with E-state index in [0.717, 1.165) is 0 Å². The molecule has 14 heteroatoms. The third-order valence-corrected chi connectivity index (χ3v) is 5.19. The van der Waals surface area contributed by atoms with Gasteiger partial charge in [0.15, 0.2) is 6.23 Å². The quantitative estimate of drug-likeness (QED) is 0.300. The molecule has 170 valence electrons. The number of aromatic nitrogens is 5. The van der Waals surface area contributed by atoms with Gasteiger partial charge >= 0.3 is 5.69 Å². The van der Waals surface area contributed by atoms with Crippen LogP contribution >= 0.6 is 0 Å². The maximum absolute atomic E-state index is 11.9. The van der Waals surface area contributed by atoms with E-state index < -0.39 is 54.2 Å². The van der Waals surface area contributed by atoms with Gasteiger partial charge in [-0.3, -0.25) is 14.3 Å². The molecular weight excluding hydrogens is 418 g/mol. The first-order valence-corrected chi connectivity index (χ1v) is 9.62. The number of ether oxygens (including phenoxy) is 3. The van der Waals surface area contributed by atoms with Crippen LogP contribution in [0.2, 0.25) is 0 Å². The molecule has 2 aromatic heterocycles. The highest BCUT2D eigenvalue weighted by atomic mass is 16.6. The minimum Gasteiger partial charge on any atom is -0.390 e. The first-order valence-electron chi connectivity index (χ1n) is 9.62. The normalized spacial score (nSPS) is 33.6. The van der Waals surface area contributed by atoms with Crippen LogP contribution in [0.4, 0.5) is 0 Å². The fourth-order valence-electron chi connectivity index (χ4n) is 3.50. The van der Waals surface area contributed by atoms with E-state index in [1.54, 1.807) is 0 Å². The lowest BCUT2D eigenvalue weighted by atomic mass is 10.0. The average molecular weight is 441 g/mol. The molecule has 0 spiro atoms. The molecule has 2 aliphatic heterocycles. The Hall–Kier alpha value is -2.46. The molecule has 2 saturated heterocycles. The number of hydrogen-bond acceptors (Lipinski definition) is 11. The van der Waals surface area contributed by atoms with Crippen LogP contribution in [-0.4, -0.2) is 88.7 Å². The molecule has 0 aromatic carbocycles. The van der Waals surface area contributed by atoms with Crippen LogP contribution in [0.3, 0.4) is 0 Å². The zero-order valence-electron chi connectivity index (χ0n) is 16.2. The topological polar surface area (TPSA) is 194 Å². The van der Waals surface area contributed by atoms with Crippen molar-refractivity contribution in [1.29, 1.82) is 0 Å². The van der Waals surface area contributed by atoms with Crippen LogP contribution in [0.1, 0.15) is 24.6 Å². The van der Waals surface area contributed by atoms with Gasteiger partial charge in [-0.25, -0.2) is 9.48 Å². The Morgan fingerprint density at radius 3 is 2.77 bits per heavy atom. The van der Waals surface area contributed by atoms with Gasteiger partial charge in [0, 0.05) is 18.7 Å². The molecule has 31 heavy (non-hydrogen) atoms. The van der Waals surface area contributed by atoms with E-state index in [2.05, 4.69) is 15.3 Å². The van der Waals surface area contributed by atoms with Crippen LogP contribution in [-0.2, 0) is 20.8 Å². The van der Waals surface area contributed by atoms with Gasteiger partial charge in [-0.05, 0) is 0 Å². The number of nitrogens with zero attached hydrogens (tertiary/aromatic N) is 4. The summed E-state index contributed by atoms with van der Waals surface area (Å²) in [5, 5.41) is 47.3. The average Bonchev–Trinajstić information content (AvgIpc) is 3.33. The highest BCUT2D eigenvalue weighted by molar-refractivity contribution is 4.94. The number of rotatable bonds is 6. The van der Waals surface area contributed by atoms with Crippen LogP contribution in [0.25, 0.3) is 0 Å². The van der Waals surface area contributed by atoms with Crippen molar-refractivity contribution in [3.05, 3.63) is 45.0 Å². The third kappa shape index (κ3) is 4.59. The molecule has 0 aliphatic carbocycles. The van der Waals surface area contributed by atoms with Gasteiger partial charge in [0.25, 0.3) is 5.56 Å². The standard InChI is InChI=1S/C17H23N5O9/c23-9-3-13(21-2-1-12(25)18-17(21)28)31-11(9)7-29-5-8-4-22(20-19-8)16-15(27)14(26)10(24)6-30-16/h1-2,4,9-11,13-16,23-24,26-27H,3,5-7H2,(H,18,25,28)/t9-,10?,11-,13-,14?,15?,16?/m1/s1. The lowest BCUT2D eigenvalue weighted by molar-refractivity contribution is -0.214. The molecule has 0 bridgehead atoms. The summed E-state index contributed by atoms with van der Waals surface area (Å²) in [6.45, 7) is -0.134. The molecule has 2 aromatic rings. The summed E-state index contributed by atoms with van der Waals surface area (Å²) in [7, 11) is 0. The Bertz CT molecular complexity index is 1010. The lowest BCUT2D eigenvalue weighted by Gasteiger charge is -2.34. The predicted molar refractivity (Wildman–Crippen MR) is 98.5 cm³/mol. The molecule has 0 saturated carbocycles. The van der Waals surface area contributed by atoms with E-state index >= 15 is 0 Å². The first-order chi connectivity index (χ1) is 14.8. The molecule has 2 aliphatic rings. The molecule has 4 heterocycles. The fourth-order valence-corrected chi connectivity index (χ4v) is 3.50. The molecular formula is C17H23N5O9. The van der Waals surface area contributed by atoms with Crippen molar-refractivity contribution in [3.8, 4) is 0 Å². The number of hydrogen-bond donors (Lipinski definition) is 5. The van der Waals surface area contributed by atoms with Crippen LogP contribution in [0, 0.1) is 0 Å². The molecule has 7 atom stereocenters. The number of aromatic amines is 1. The largest absolute Gasteiger partial charge is 0.390 e. The Kier molecular flexibility index (Phi) is 6.29. The number of aliphatic hydroxyl groups excluding tert-OH is 4. The molecule has 0 amide bonds. The maximum atomic E-state index is 11.9. The van der Waals surface area contributed by atoms with E-state index in [-0.39, 0.29) is 26.2 Å². The zero-order chi connectivity index (χ0) is 22.1. The van der Waals surface area contributed by atoms with Crippen LogP contribution in [0.5, 0.6) is 0 Å². The van der Waals surface area contributed by atoms with E-state index in [9.17, 15) is 30.0 Å². The van der Waals surface area contributed by atoms with E-state index in [1.807, 2.05) is 0 Å². The van der Waals surface area contributed by atoms with Crippen molar-refractivity contribution >= 4 is 0 Å². The lowest BCUT2D eigenvalue weighted by Crippen LogP contribution is -2.50. The van der Waals surface area contributed by atoms with Gasteiger partial charge in [0.2, 0.25) is 0 Å². The number of H-pyrrole nitrogens is 1. The third-order valence-electron chi connectivity index (χ3n) is 5.19. The number of aliphatic hydroxyl groups is 4. The summed E-state index contributed by atoms with van der Waals surface area (Å²) >= 11 is 0. The summed E-state index contributed by atoms with van der Waals surface area (Å²) < 4.78 is 18.9. The van der Waals surface area contributed by atoms with Gasteiger partial charge in [-0.2, -0.15) is 0 Å². The van der Waals surface area contributed by atoms with E-state index in [4.69, 9.17) is 14.2 Å². The van der Waals surface area contributed by atoms with Gasteiger partial charge in [0.1, 0.15) is 36.3 Å².